The zero-order valence-corrected chi connectivity index (χ0v) is 15.6. The van der Waals surface area contributed by atoms with Gasteiger partial charge in [-0.3, -0.25) is 0 Å². The van der Waals surface area contributed by atoms with Crippen molar-refractivity contribution in [2.24, 2.45) is 5.92 Å². The van der Waals surface area contributed by atoms with Gasteiger partial charge in [-0.1, -0.05) is 0 Å². The Balaban J connectivity index is 1.98. The Labute approximate surface area is 151 Å². The zero-order valence-electron chi connectivity index (χ0n) is 14.8. The molecule has 1 amide bonds. The van der Waals surface area contributed by atoms with Gasteiger partial charge >= 0.3 is 12.1 Å². The van der Waals surface area contributed by atoms with Crippen molar-refractivity contribution in [2.45, 2.75) is 32.8 Å². The molecule has 138 valence electrons. The second-order valence-electron chi connectivity index (χ2n) is 6.85. The van der Waals surface area contributed by atoms with E-state index in [4.69, 9.17) is 21.1 Å². The van der Waals surface area contributed by atoms with Gasteiger partial charge in [0.1, 0.15) is 17.0 Å². The molecule has 0 saturated carbocycles. The van der Waals surface area contributed by atoms with E-state index in [2.05, 4.69) is 15.3 Å². The standard InChI is InChI=1S/C16H23ClN4O4/c1-16(2,3)25-15(23)19-7-10-5-6-21(9-10)12-11(13(22)24-4)8-18-14(17)20-12/h8,10H,5-7,9H2,1-4H3,(H,19,23). The van der Waals surface area contributed by atoms with Crippen LogP contribution in [-0.2, 0) is 9.47 Å². The number of alkyl carbamates (subject to hydrolysis) is 1. The number of nitrogens with zero attached hydrogens (tertiary/aromatic N) is 3. The third kappa shape index (κ3) is 5.45. The van der Waals surface area contributed by atoms with Crippen LogP contribution in [-0.4, -0.2) is 54.4 Å². The molecule has 1 aliphatic rings. The van der Waals surface area contributed by atoms with Gasteiger partial charge in [0.05, 0.1) is 7.11 Å². The van der Waals surface area contributed by atoms with Crippen molar-refractivity contribution in [1.82, 2.24) is 15.3 Å². The van der Waals surface area contributed by atoms with Crippen LogP contribution in [0.4, 0.5) is 10.6 Å². The number of rotatable bonds is 4. The number of aromatic nitrogens is 2. The number of ether oxygens (including phenoxy) is 2. The summed E-state index contributed by atoms with van der Waals surface area (Å²) in [5, 5.41) is 2.84. The van der Waals surface area contributed by atoms with E-state index in [-0.39, 0.29) is 16.8 Å². The van der Waals surface area contributed by atoms with E-state index in [9.17, 15) is 9.59 Å². The molecular formula is C16H23ClN4O4. The molecule has 0 aromatic carbocycles. The van der Waals surface area contributed by atoms with Crippen molar-refractivity contribution in [3.63, 3.8) is 0 Å². The molecule has 0 aliphatic carbocycles. The van der Waals surface area contributed by atoms with Crippen LogP contribution in [0.5, 0.6) is 0 Å². The minimum absolute atomic E-state index is 0.0676. The molecule has 1 aromatic heterocycles. The molecular weight excluding hydrogens is 348 g/mol. The lowest BCUT2D eigenvalue weighted by molar-refractivity contribution is 0.0519. The van der Waals surface area contributed by atoms with Crippen LogP contribution in [0.1, 0.15) is 37.6 Å². The van der Waals surface area contributed by atoms with Crippen LogP contribution >= 0.6 is 11.6 Å². The van der Waals surface area contributed by atoms with E-state index in [1.807, 2.05) is 25.7 Å². The zero-order chi connectivity index (χ0) is 18.6. The maximum atomic E-state index is 11.9. The van der Waals surface area contributed by atoms with Crippen molar-refractivity contribution < 1.29 is 19.1 Å². The van der Waals surface area contributed by atoms with E-state index in [0.29, 0.717) is 25.5 Å². The van der Waals surface area contributed by atoms with E-state index in [1.165, 1.54) is 13.3 Å². The lowest BCUT2D eigenvalue weighted by Crippen LogP contribution is -2.36. The molecule has 25 heavy (non-hydrogen) atoms. The van der Waals surface area contributed by atoms with Crippen molar-refractivity contribution >= 4 is 29.5 Å². The number of esters is 1. The van der Waals surface area contributed by atoms with Crippen LogP contribution in [0.15, 0.2) is 6.20 Å². The average molecular weight is 371 g/mol. The third-order valence-electron chi connectivity index (χ3n) is 3.66. The lowest BCUT2D eigenvalue weighted by Gasteiger charge is -2.21. The minimum Gasteiger partial charge on any atom is -0.465 e. The smallest absolute Gasteiger partial charge is 0.407 e. The predicted octanol–water partition coefficient (Wildman–Crippen LogP) is 2.27. The summed E-state index contributed by atoms with van der Waals surface area (Å²) in [4.78, 5) is 33.6. The summed E-state index contributed by atoms with van der Waals surface area (Å²) in [6.45, 7) is 7.26. The maximum absolute atomic E-state index is 11.9. The number of methoxy groups -OCH3 is 1. The van der Waals surface area contributed by atoms with Gasteiger partial charge in [-0.25, -0.2) is 14.6 Å². The number of hydrogen-bond donors (Lipinski definition) is 1. The minimum atomic E-state index is -0.529. The van der Waals surface area contributed by atoms with Crippen LogP contribution < -0.4 is 10.2 Å². The van der Waals surface area contributed by atoms with Gasteiger partial charge in [0, 0.05) is 25.8 Å². The molecule has 2 rings (SSSR count). The van der Waals surface area contributed by atoms with E-state index in [0.717, 1.165) is 6.42 Å². The summed E-state index contributed by atoms with van der Waals surface area (Å²) in [6, 6.07) is 0. The molecule has 1 atom stereocenters. The Kier molecular flexibility index (Phi) is 6.05. The molecule has 0 radical (unpaired) electrons. The molecule has 1 N–H and O–H groups in total. The Bertz CT molecular complexity index is 648. The van der Waals surface area contributed by atoms with Crippen LogP contribution in [0, 0.1) is 5.92 Å². The average Bonchev–Trinajstić information content (AvgIpc) is 2.99. The summed E-state index contributed by atoms with van der Waals surface area (Å²) in [7, 11) is 1.30. The summed E-state index contributed by atoms with van der Waals surface area (Å²) in [5.41, 5.74) is -0.258. The van der Waals surface area contributed by atoms with Crippen LogP contribution in [0.2, 0.25) is 5.28 Å². The second kappa shape index (κ2) is 7.86. The monoisotopic (exact) mass is 370 g/mol. The van der Waals surface area contributed by atoms with Crippen molar-refractivity contribution in [3.8, 4) is 0 Å². The molecule has 0 bridgehead atoms. The van der Waals surface area contributed by atoms with E-state index in [1.54, 1.807) is 0 Å². The molecule has 1 aliphatic heterocycles. The fourth-order valence-electron chi connectivity index (χ4n) is 2.58. The number of anilines is 1. The number of carbonyl (C=O) groups is 2. The van der Waals surface area contributed by atoms with Gasteiger partial charge in [-0.2, -0.15) is 4.98 Å². The Morgan fingerprint density at radius 3 is 2.80 bits per heavy atom. The highest BCUT2D eigenvalue weighted by Crippen LogP contribution is 2.26. The molecule has 1 aromatic rings. The number of amides is 1. The van der Waals surface area contributed by atoms with E-state index >= 15 is 0 Å². The summed E-state index contributed by atoms with van der Waals surface area (Å²) in [5.74, 6) is 0.153. The Morgan fingerprint density at radius 1 is 1.44 bits per heavy atom. The van der Waals surface area contributed by atoms with Crippen LogP contribution in [0.25, 0.3) is 0 Å². The third-order valence-corrected chi connectivity index (χ3v) is 3.85. The number of halogens is 1. The van der Waals surface area contributed by atoms with Crippen LogP contribution in [0.3, 0.4) is 0 Å². The summed E-state index contributed by atoms with van der Waals surface area (Å²) < 4.78 is 9.99. The SMILES string of the molecule is COC(=O)c1cnc(Cl)nc1N1CCC(CNC(=O)OC(C)(C)C)C1. The normalized spacial score (nSPS) is 17.3. The Morgan fingerprint density at radius 2 is 2.16 bits per heavy atom. The van der Waals surface area contributed by atoms with Gasteiger partial charge in [0.15, 0.2) is 0 Å². The second-order valence-corrected chi connectivity index (χ2v) is 7.19. The number of nitrogens with one attached hydrogen (secondary N) is 1. The van der Waals surface area contributed by atoms with Gasteiger partial charge in [0.25, 0.3) is 0 Å². The molecule has 0 spiro atoms. The Hall–Kier alpha value is -2.09. The van der Waals surface area contributed by atoms with Gasteiger partial charge < -0.3 is 19.7 Å². The maximum Gasteiger partial charge on any atom is 0.407 e. The lowest BCUT2D eigenvalue weighted by atomic mass is 10.1. The van der Waals surface area contributed by atoms with Crippen molar-refractivity contribution in [2.75, 3.05) is 31.6 Å². The fraction of sp³-hybridized carbons (Fsp3) is 0.625. The van der Waals surface area contributed by atoms with Crippen molar-refractivity contribution in [3.05, 3.63) is 17.0 Å². The van der Waals surface area contributed by atoms with E-state index < -0.39 is 17.7 Å². The first-order valence-corrected chi connectivity index (χ1v) is 8.40. The van der Waals surface area contributed by atoms with Gasteiger partial charge in [0.2, 0.25) is 5.28 Å². The highest BCUT2D eigenvalue weighted by molar-refractivity contribution is 6.28. The molecule has 1 saturated heterocycles. The molecule has 1 fully saturated rings. The largest absolute Gasteiger partial charge is 0.465 e. The summed E-state index contributed by atoms with van der Waals surface area (Å²) >= 11 is 5.87. The quantitative estimate of drug-likeness (QED) is 0.641. The molecule has 9 heteroatoms. The molecule has 2 heterocycles. The topological polar surface area (TPSA) is 93.6 Å². The number of hydrogen-bond acceptors (Lipinski definition) is 7. The van der Waals surface area contributed by atoms with Gasteiger partial charge in [-0.15, -0.1) is 0 Å². The summed E-state index contributed by atoms with van der Waals surface area (Å²) in [6.07, 6.45) is 1.77. The molecule has 1 unspecified atom stereocenters. The first-order valence-electron chi connectivity index (χ1n) is 8.02. The first kappa shape index (κ1) is 19.2. The molecule has 8 nitrogen and oxygen atoms in total. The first-order chi connectivity index (χ1) is 11.7. The highest BCUT2D eigenvalue weighted by Gasteiger charge is 2.28. The highest BCUT2D eigenvalue weighted by atomic mass is 35.5. The van der Waals surface area contributed by atoms with Crippen molar-refractivity contribution in [1.29, 1.82) is 0 Å². The fourth-order valence-corrected chi connectivity index (χ4v) is 2.71. The van der Waals surface area contributed by atoms with Gasteiger partial charge in [-0.05, 0) is 44.7 Å². The predicted molar refractivity (Wildman–Crippen MR) is 92.9 cm³/mol. The number of carbonyl (C=O) groups excluding carboxylic acids is 2.